The van der Waals surface area contributed by atoms with Crippen LogP contribution in [0.25, 0.3) is 0 Å². The number of hydrogen-bond acceptors (Lipinski definition) is 2. The Morgan fingerprint density at radius 2 is 2.31 bits per heavy atom. The molecular formula is C14H21NO. The molecule has 0 spiro atoms. The van der Waals surface area contributed by atoms with Gasteiger partial charge < -0.3 is 5.11 Å². The van der Waals surface area contributed by atoms with Crippen molar-refractivity contribution in [2.75, 3.05) is 19.7 Å². The number of rotatable bonds is 3. The predicted molar refractivity (Wildman–Crippen MR) is 66.3 cm³/mol. The van der Waals surface area contributed by atoms with Gasteiger partial charge in [-0.05, 0) is 37.8 Å². The molecule has 2 heteroatoms. The third-order valence-electron chi connectivity index (χ3n) is 3.35. The number of aliphatic hydroxyl groups excluding tert-OH is 1. The number of piperidine rings is 1. The van der Waals surface area contributed by atoms with Crippen LogP contribution < -0.4 is 0 Å². The normalized spacial score (nSPS) is 22.2. The maximum absolute atomic E-state index is 9.19. The summed E-state index contributed by atoms with van der Waals surface area (Å²) in [6, 6.07) is 8.70. The summed E-state index contributed by atoms with van der Waals surface area (Å²) in [4.78, 5) is 2.46. The predicted octanol–water partition coefficient (Wildman–Crippen LogP) is 2.20. The lowest BCUT2D eigenvalue weighted by molar-refractivity contribution is 0.116. The molecule has 1 aromatic carbocycles. The quantitative estimate of drug-likeness (QED) is 0.842. The van der Waals surface area contributed by atoms with Gasteiger partial charge in [-0.2, -0.15) is 0 Å². The third-order valence-corrected chi connectivity index (χ3v) is 3.35. The molecule has 88 valence electrons. The first-order valence-electron chi connectivity index (χ1n) is 6.16. The van der Waals surface area contributed by atoms with Crippen molar-refractivity contribution in [1.29, 1.82) is 0 Å². The van der Waals surface area contributed by atoms with E-state index in [1.807, 2.05) is 0 Å². The summed E-state index contributed by atoms with van der Waals surface area (Å²) in [5, 5.41) is 9.19. The first-order valence-corrected chi connectivity index (χ1v) is 6.16. The van der Waals surface area contributed by atoms with Crippen molar-refractivity contribution >= 4 is 0 Å². The Morgan fingerprint density at radius 3 is 3.06 bits per heavy atom. The summed E-state index contributed by atoms with van der Waals surface area (Å²) >= 11 is 0. The van der Waals surface area contributed by atoms with Gasteiger partial charge in [0.05, 0.1) is 0 Å². The molecule has 0 aliphatic carbocycles. The smallest absolute Gasteiger partial charge is 0.0471 e. The molecule has 1 heterocycles. The average Bonchev–Trinajstić information content (AvgIpc) is 2.29. The Bertz CT molecular complexity index is 337. The Labute approximate surface area is 97.9 Å². The molecule has 1 fully saturated rings. The zero-order valence-electron chi connectivity index (χ0n) is 10.0. The lowest BCUT2D eigenvalue weighted by atomic mass is 9.98. The van der Waals surface area contributed by atoms with Crippen LogP contribution in [0.5, 0.6) is 0 Å². The van der Waals surface area contributed by atoms with Crippen molar-refractivity contribution in [2.24, 2.45) is 5.92 Å². The van der Waals surface area contributed by atoms with Gasteiger partial charge in [0, 0.05) is 19.7 Å². The second kappa shape index (κ2) is 5.46. The maximum atomic E-state index is 9.19. The third kappa shape index (κ3) is 3.06. The van der Waals surface area contributed by atoms with Gasteiger partial charge >= 0.3 is 0 Å². The van der Waals surface area contributed by atoms with Crippen molar-refractivity contribution < 1.29 is 5.11 Å². The summed E-state index contributed by atoms with van der Waals surface area (Å²) in [7, 11) is 0. The zero-order valence-corrected chi connectivity index (χ0v) is 10.0. The Hall–Kier alpha value is -0.860. The minimum absolute atomic E-state index is 0.338. The molecule has 1 aliphatic heterocycles. The fraction of sp³-hybridized carbons (Fsp3) is 0.571. The van der Waals surface area contributed by atoms with Crippen molar-refractivity contribution in [1.82, 2.24) is 4.90 Å². The molecule has 0 aromatic heterocycles. The summed E-state index contributed by atoms with van der Waals surface area (Å²) < 4.78 is 0. The van der Waals surface area contributed by atoms with E-state index >= 15 is 0 Å². The van der Waals surface area contributed by atoms with Crippen LogP contribution in [-0.4, -0.2) is 29.7 Å². The van der Waals surface area contributed by atoms with Crippen LogP contribution in [0.3, 0.4) is 0 Å². The maximum Gasteiger partial charge on any atom is 0.0471 e. The van der Waals surface area contributed by atoms with E-state index < -0.39 is 0 Å². The van der Waals surface area contributed by atoms with Gasteiger partial charge in [-0.25, -0.2) is 0 Å². The topological polar surface area (TPSA) is 23.5 Å². The molecule has 0 unspecified atom stereocenters. The van der Waals surface area contributed by atoms with E-state index in [-0.39, 0.29) is 0 Å². The molecule has 16 heavy (non-hydrogen) atoms. The Balaban J connectivity index is 1.94. The van der Waals surface area contributed by atoms with Crippen LogP contribution in [0, 0.1) is 12.8 Å². The highest BCUT2D eigenvalue weighted by atomic mass is 16.3. The van der Waals surface area contributed by atoms with E-state index in [1.165, 1.54) is 30.5 Å². The molecule has 0 amide bonds. The highest BCUT2D eigenvalue weighted by Gasteiger charge is 2.18. The Kier molecular flexibility index (Phi) is 3.97. The Morgan fingerprint density at radius 1 is 1.44 bits per heavy atom. The van der Waals surface area contributed by atoms with Gasteiger partial charge in [0.1, 0.15) is 0 Å². The van der Waals surface area contributed by atoms with Gasteiger partial charge in [0.2, 0.25) is 0 Å². The molecular weight excluding hydrogens is 198 g/mol. The van der Waals surface area contributed by atoms with Crippen LogP contribution >= 0.6 is 0 Å². The standard InChI is InChI=1S/C14H21NO/c1-12-4-2-5-13(8-12)9-15-7-3-6-14(10-15)11-16/h2,4-5,8,14,16H,3,6-7,9-11H2,1H3/t14-/m1/s1. The number of likely N-dealkylation sites (tertiary alicyclic amines) is 1. The lowest BCUT2D eigenvalue weighted by Gasteiger charge is -2.31. The zero-order chi connectivity index (χ0) is 11.4. The van der Waals surface area contributed by atoms with E-state index in [0.29, 0.717) is 12.5 Å². The van der Waals surface area contributed by atoms with E-state index in [4.69, 9.17) is 0 Å². The highest BCUT2D eigenvalue weighted by Crippen LogP contribution is 2.18. The minimum atomic E-state index is 0.338. The van der Waals surface area contributed by atoms with Crippen molar-refractivity contribution in [3.05, 3.63) is 35.4 Å². The van der Waals surface area contributed by atoms with Crippen molar-refractivity contribution in [3.8, 4) is 0 Å². The molecule has 1 aromatic rings. The first-order chi connectivity index (χ1) is 7.78. The fourth-order valence-electron chi connectivity index (χ4n) is 2.51. The largest absolute Gasteiger partial charge is 0.396 e. The van der Waals surface area contributed by atoms with Crippen LogP contribution in [0.2, 0.25) is 0 Å². The molecule has 2 nitrogen and oxygen atoms in total. The minimum Gasteiger partial charge on any atom is -0.396 e. The monoisotopic (exact) mass is 219 g/mol. The average molecular weight is 219 g/mol. The molecule has 1 atom stereocenters. The number of aryl methyl sites for hydroxylation is 1. The second-order valence-corrected chi connectivity index (χ2v) is 4.91. The summed E-state index contributed by atoms with van der Waals surface area (Å²) in [5.74, 6) is 0.485. The van der Waals surface area contributed by atoms with E-state index in [9.17, 15) is 5.11 Å². The van der Waals surface area contributed by atoms with Gasteiger partial charge in [0.15, 0.2) is 0 Å². The molecule has 0 radical (unpaired) electrons. The SMILES string of the molecule is Cc1cccc(CN2CCC[C@@H](CO)C2)c1. The number of hydrogen-bond donors (Lipinski definition) is 1. The number of benzene rings is 1. The van der Waals surface area contributed by atoms with E-state index in [1.54, 1.807) is 0 Å². The van der Waals surface area contributed by atoms with Gasteiger partial charge in [-0.1, -0.05) is 29.8 Å². The van der Waals surface area contributed by atoms with Crippen molar-refractivity contribution in [2.45, 2.75) is 26.3 Å². The van der Waals surface area contributed by atoms with Crippen LogP contribution in [0.1, 0.15) is 24.0 Å². The van der Waals surface area contributed by atoms with Gasteiger partial charge in [0.25, 0.3) is 0 Å². The molecule has 0 saturated carbocycles. The molecule has 0 bridgehead atoms. The number of aliphatic hydroxyl groups is 1. The fourth-order valence-corrected chi connectivity index (χ4v) is 2.51. The first kappa shape index (κ1) is 11.6. The molecule has 1 saturated heterocycles. The summed E-state index contributed by atoms with van der Waals surface area (Å²) in [6.07, 6.45) is 2.40. The molecule has 1 aliphatic rings. The van der Waals surface area contributed by atoms with Crippen LogP contribution in [-0.2, 0) is 6.54 Å². The molecule has 2 rings (SSSR count). The number of nitrogens with zero attached hydrogens (tertiary/aromatic N) is 1. The van der Waals surface area contributed by atoms with Crippen LogP contribution in [0.4, 0.5) is 0 Å². The van der Waals surface area contributed by atoms with Crippen molar-refractivity contribution in [3.63, 3.8) is 0 Å². The summed E-state index contributed by atoms with van der Waals surface area (Å²) in [5.41, 5.74) is 2.71. The highest BCUT2D eigenvalue weighted by molar-refractivity contribution is 5.22. The van der Waals surface area contributed by atoms with E-state index in [0.717, 1.165) is 13.1 Å². The second-order valence-electron chi connectivity index (χ2n) is 4.91. The lowest BCUT2D eigenvalue weighted by Crippen LogP contribution is -2.36. The van der Waals surface area contributed by atoms with Gasteiger partial charge in [-0.15, -0.1) is 0 Å². The van der Waals surface area contributed by atoms with Gasteiger partial charge in [-0.3, -0.25) is 4.90 Å². The summed E-state index contributed by atoms with van der Waals surface area (Å²) in [6.45, 7) is 5.72. The van der Waals surface area contributed by atoms with E-state index in [2.05, 4.69) is 36.1 Å². The van der Waals surface area contributed by atoms with Crippen LogP contribution in [0.15, 0.2) is 24.3 Å². The molecule has 1 N–H and O–H groups in total.